The maximum Gasteiger partial charge on any atom is 0.415 e. The number of Topliss-reactive ketones (excluding diaryl/α,β-unsaturated/α-hetero) is 1. The van der Waals surface area contributed by atoms with Crippen LogP contribution in [0.3, 0.4) is 0 Å². The van der Waals surface area contributed by atoms with Gasteiger partial charge in [-0.25, -0.2) is 13.2 Å². The highest BCUT2D eigenvalue weighted by atomic mass is 32.2. The molecule has 1 aliphatic heterocycles. The Bertz CT molecular complexity index is 1450. The second-order valence-electron chi connectivity index (χ2n) is 9.65. The van der Waals surface area contributed by atoms with Gasteiger partial charge in [0, 0.05) is 18.0 Å². The number of rotatable bonds is 12. The van der Waals surface area contributed by atoms with Crippen molar-refractivity contribution in [2.24, 2.45) is 5.92 Å². The number of benzene rings is 2. The van der Waals surface area contributed by atoms with E-state index in [1.54, 1.807) is 24.3 Å². The fourth-order valence-electron chi connectivity index (χ4n) is 4.12. The SMILES string of the molecule is CC(=O)CN(NC(=O)[C@H](CC(C)C)N1C(=O)OC1c1ccncc1)S(=O)(=O)c1ccc(Oc2ccccc2)cc1. The van der Waals surface area contributed by atoms with E-state index in [9.17, 15) is 22.8 Å². The third kappa shape index (κ3) is 6.64. The molecule has 210 valence electrons. The molecule has 2 heterocycles. The summed E-state index contributed by atoms with van der Waals surface area (Å²) in [6, 6.07) is 16.8. The number of hydrogen-bond acceptors (Lipinski definition) is 8. The molecule has 0 radical (unpaired) electrons. The van der Waals surface area contributed by atoms with Gasteiger partial charge in [-0.1, -0.05) is 32.0 Å². The molecule has 4 rings (SSSR count). The predicted molar refractivity (Wildman–Crippen MR) is 144 cm³/mol. The summed E-state index contributed by atoms with van der Waals surface area (Å²) >= 11 is 0. The zero-order chi connectivity index (χ0) is 28.9. The van der Waals surface area contributed by atoms with Crippen molar-refractivity contribution in [2.45, 2.75) is 44.4 Å². The number of sulfonamides is 1. The van der Waals surface area contributed by atoms with Gasteiger partial charge in [0.2, 0.25) is 6.23 Å². The molecule has 1 fully saturated rings. The van der Waals surface area contributed by atoms with Crippen LogP contribution in [0.25, 0.3) is 0 Å². The van der Waals surface area contributed by atoms with Crippen molar-refractivity contribution in [3.8, 4) is 11.5 Å². The fourth-order valence-corrected chi connectivity index (χ4v) is 5.41. The van der Waals surface area contributed by atoms with Crippen molar-refractivity contribution < 1.29 is 32.3 Å². The highest BCUT2D eigenvalue weighted by Gasteiger charge is 2.47. The van der Waals surface area contributed by atoms with Gasteiger partial charge in [-0.05, 0) is 67.8 Å². The molecule has 0 saturated carbocycles. The van der Waals surface area contributed by atoms with Crippen LogP contribution < -0.4 is 10.2 Å². The molecule has 40 heavy (non-hydrogen) atoms. The Morgan fingerprint density at radius 3 is 2.23 bits per heavy atom. The normalized spacial score (nSPS) is 15.8. The number of ketones is 1. The van der Waals surface area contributed by atoms with Crippen LogP contribution in [0.1, 0.15) is 39.0 Å². The molecule has 1 aromatic heterocycles. The summed E-state index contributed by atoms with van der Waals surface area (Å²) in [5.74, 6) is -0.307. The summed E-state index contributed by atoms with van der Waals surface area (Å²) < 4.78 is 38.7. The lowest BCUT2D eigenvalue weighted by Crippen LogP contribution is -2.61. The Morgan fingerprint density at radius 1 is 1.02 bits per heavy atom. The molecule has 1 unspecified atom stereocenters. The number of hydrogen-bond donors (Lipinski definition) is 1. The number of nitrogens with one attached hydrogen (secondary N) is 1. The van der Waals surface area contributed by atoms with E-state index in [0.29, 0.717) is 21.5 Å². The molecule has 0 aliphatic carbocycles. The molecule has 1 N–H and O–H groups in total. The predicted octanol–water partition coefficient (Wildman–Crippen LogP) is 4.05. The van der Waals surface area contributed by atoms with Crippen LogP contribution in [0, 0.1) is 5.92 Å². The van der Waals surface area contributed by atoms with E-state index in [0.717, 1.165) is 0 Å². The fraction of sp³-hybridized carbons (Fsp3) is 0.286. The molecule has 11 nitrogen and oxygen atoms in total. The summed E-state index contributed by atoms with van der Waals surface area (Å²) in [5.41, 5.74) is 2.99. The van der Waals surface area contributed by atoms with Gasteiger partial charge in [-0.15, -0.1) is 4.41 Å². The highest BCUT2D eigenvalue weighted by Crippen LogP contribution is 2.36. The van der Waals surface area contributed by atoms with Crippen molar-refractivity contribution in [3.05, 3.63) is 84.7 Å². The van der Waals surface area contributed by atoms with Gasteiger partial charge in [0.25, 0.3) is 15.9 Å². The zero-order valence-corrected chi connectivity index (χ0v) is 23.1. The summed E-state index contributed by atoms with van der Waals surface area (Å²) in [6.07, 6.45) is 1.75. The first-order valence-corrected chi connectivity index (χ1v) is 14.0. The summed E-state index contributed by atoms with van der Waals surface area (Å²) in [7, 11) is -4.35. The molecule has 12 heteroatoms. The molecule has 0 bridgehead atoms. The highest BCUT2D eigenvalue weighted by molar-refractivity contribution is 7.89. The molecular formula is C28H30N4O7S. The number of carbonyl (C=O) groups excluding carboxylic acids is 3. The van der Waals surface area contributed by atoms with Crippen molar-refractivity contribution in [1.82, 2.24) is 19.7 Å². The quantitative estimate of drug-likeness (QED) is 0.325. The molecule has 2 aromatic carbocycles. The first-order valence-electron chi connectivity index (χ1n) is 12.6. The van der Waals surface area contributed by atoms with Gasteiger partial charge in [-0.3, -0.25) is 24.9 Å². The zero-order valence-electron chi connectivity index (χ0n) is 22.3. The standard InChI is InChI=1S/C28H30N4O7S/c1-19(2)17-25(32-27(39-28(32)35)21-13-15-29-16-14-21)26(34)30-31(18-20(3)33)40(36,37)24-11-9-23(10-12-24)38-22-7-5-4-6-8-22/h4-16,19,25,27H,17-18H2,1-3H3,(H,30,34)/t25-,27?/m0/s1. The van der Waals surface area contributed by atoms with Gasteiger partial charge >= 0.3 is 6.09 Å². The van der Waals surface area contributed by atoms with Gasteiger partial charge in [0.15, 0.2) is 0 Å². The van der Waals surface area contributed by atoms with Crippen LogP contribution in [-0.2, 0) is 24.3 Å². The summed E-state index contributed by atoms with van der Waals surface area (Å²) in [4.78, 5) is 43.1. The monoisotopic (exact) mass is 566 g/mol. The minimum atomic E-state index is -4.35. The third-order valence-electron chi connectivity index (χ3n) is 5.99. The Balaban J connectivity index is 1.57. The summed E-state index contributed by atoms with van der Waals surface area (Å²) in [6.45, 7) is 4.35. The Labute approximate surface area is 232 Å². The van der Waals surface area contributed by atoms with Crippen molar-refractivity contribution in [2.75, 3.05) is 6.54 Å². The number of pyridine rings is 1. The first-order chi connectivity index (χ1) is 19.1. The average Bonchev–Trinajstić information content (AvgIpc) is 2.91. The third-order valence-corrected chi connectivity index (χ3v) is 7.66. The minimum Gasteiger partial charge on any atom is -0.457 e. The van der Waals surface area contributed by atoms with Crippen LogP contribution in [-0.4, -0.2) is 53.1 Å². The van der Waals surface area contributed by atoms with Crippen LogP contribution in [0.4, 0.5) is 4.79 Å². The maximum atomic E-state index is 13.6. The average molecular weight is 567 g/mol. The van der Waals surface area contributed by atoms with Gasteiger partial charge in [0.1, 0.15) is 23.3 Å². The van der Waals surface area contributed by atoms with E-state index < -0.39 is 46.6 Å². The van der Waals surface area contributed by atoms with Gasteiger partial charge in [-0.2, -0.15) is 0 Å². The number of cyclic esters (lactones) is 1. The number of nitrogens with zero attached hydrogens (tertiary/aromatic N) is 3. The van der Waals surface area contributed by atoms with Crippen molar-refractivity contribution in [3.63, 3.8) is 0 Å². The lowest BCUT2D eigenvalue weighted by molar-refractivity contribution is -0.151. The summed E-state index contributed by atoms with van der Waals surface area (Å²) in [5, 5.41) is 0. The molecule has 3 aromatic rings. The largest absolute Gasteiger partial charge is 0.457 e. The van der Waals surface area contributed by atoms with Gasteiger partial charge < -0.3 is 9.47 Å². The van der Waals surface area contributed by atoms with Crippen molar-refractivity contribution >= 4 is 27.8 Å². The lowest BCUT2D eigenvalue weighted by atomic mass is 10.00. The number of amides is 2. The lowest BCUT2D eigenvalue weighted by Gasteiger charge is -2.44. The molecule has 2 atom stereocenters. The number of carbonyl (C=O) groups is 3. The van der Waals surface area contributed by atoms with Crippen LogP contribution >= 0.6 is 0 Å². The van der Waals surface area contributed by atoms with E-state index in [1.807, 2.05) is 32.0 Å². The molecular weight excluding hydrogens is 536 g/mol. The molecule has 0 spiro atoms. The van der Waals surface area contributed by atoms with E-state index in [-0.39, 0.29) is 17.2 Å². The molecule has 1 aliphatic rings. The Kier molecular flexibility index (Phi) is 8.80. The number of hydrazine groups is 1. The number of para-hydroxylation sites is 1. The van der Waals surface area contributed by atoms with E-state index in [2.05, 4.69) is 10.4 Å². The van der Waals surface area contributed by atoms with Crippen LogP contribution in [0.2, 0.25) is 0 Å². The Hall–Kier alpha value is -4.29. The smallest absolute Gasteiger partial charge is 0.415 e. The van der Waals surface area contributed by atoms with Crippen LogP contribution in [0.5, 0.6) is 11.5 Å². The van der Waals surface area contributed by atoms with Gasteiger partial charge in [0.05, 0.1) is 11.4 Å². The second-order valence-corrected chi connectivity index (χ2v) is 11.5. The van der Waals surface area contributed by atoms with Crippen LogP contribution in [0.15, 0.2) is 84.0 Å². The first kappa shape index (κ1) is 28.7. The molecule has 1 saturated heterocycles. The minimum absolute atomic E-state index is 0.0303. The van der Waals surface area contributed by atoms with E-state index in [1.165, 1.54) is 48.5 Å². The van der Waals surface area contributed by atoms with Crippen molar-refractivity contribution in [1.29, 1.82) is 0 Å². The molecule has 2 amide bonds. The second kappa shape index (κ2) is 12.3. The number of ether oxygens (including phenoxy) is 2. The van der Waals surface area contributed by atoms with E-state index >= 15 is 0 Å². The topological polar surface area (TPSA) is 135 Å². The van der Waals surface area contributed by atoms with E-state index in [4.69, 9.17) is 9.47 Å². The maximum absolute atomic E-state index is 13.6. The number of aromatic nitrogens is 1. The Morgan fingerprint density at radius 2 is 1.65 bits per heavy atom.